The molecule has 0 heterocycles. The van der Waals surface area contributed by atoms with Crippen LogP contribution in [0.2, 0.25) is 0 Å². The largest absolute Gasteiger partial charge is 0.444 e. The predicted octanol–water partition coefficient (Wildman–Crippen LogP) is 4.09. The Kier molecular flexibility index (Phi) is 4.44. The number of rotatable bonds is 3. The molecule has 19 heavy (non-hydrogen) atoms. The maximum absolute atomic E-state index is 13.2. The Morgan fingerprint density at radius 2 is 1.95 bits per heavy atom. The first-order valence-corrected chi connectivity index (χ1v) is 5.68. The number of ether oxygens (including phenoxy) is 1. The lowest BCUT2D eigenvalue weighted by molar-refractivity contribution is -0.0280. The summed E-state index contributed by atoms with van der Waals surface area (Å²) in [5.41, 5.74) is -1.06. The SMILES string of the molecule is CC(C)(C)OC(=O)Nc1cccc(C(F)(F)CF)c1. The van der Waals surface area contributed by atoms with E-state index in [0.717, 1.165) is 12.1 Å². The number of hydrogen-bond acceptors (Lipinski definition) is 2. The molecule has 0 aliphatic carbocycles. The van der Waals surface area contributed by atoms with Crippen LogP contribution in [0.25, 0.3) is 0 Å². The van der Waals surface area contributed by atoms with Crippen molar-refractivity contribution in [3.8, 4) is 0 Å². The molecule has 0 aromatic heterocycles. The van der Waals surface area contributed by atoms with Gasteiger partial charge in [-0.25, -0.2) is 9.18 Å². The Morgan fingerprint density at radius 3 is 2.47 bits per heavy atom. The van der Waals surface area contributed by atoms with Gasteiger partial charge < -0.3 is 4.74 Å². The van der Waals surface area contributed by atoms with Crippen molar-refractivity contribution in [3.05, 3.63) is 29.8 Å². The van der Waals surface area contributed by atoms with Gasteiger partial charge in [0.1, 0.15) is 5.60 Å². The molecule has 0 saturated carbocycles. The molecule has 0 unspecified atom stereocenters. The molecule has 0 radical (unpaired) electrons. The number of anilines is 1. The predicted molar refractivity (Wildman–Crippen MR) is 66.2 cm³/mol. The fraction of sp³-hybridized carbons (Fsp3) is 0.462. The van der Waals surface area contributed by atoms with E-state index >= 15 is 0 Å². The van der Waals surface area contributed by atoms with Gasteiger partial charge in [0.05, 0.1) is 0 Å². The Balaban J connectivity index is 2.81. The molecular weight excluding hydrogens is 259 g/mol. The van der Waals surface area contributed by atoms with Crippen LogP contribution in [0, 0.1) is 0 Å². The summed E-state index contributed by atoms with van der Waals surface area (Å²) in [7, 11) is 0. The van der Waals surface area contributed by atoms with Crippen LogP contribution in [0.15, 0.2) is 24.3 Å². The van der Waals surface area contributed by atoms with Gasteiger partial charge in [-0.05, 0) is 32.9 Å². The van der Waals surface area contributed by atoms with Gasteiger partial charge >= 0.3 is 12.0 Å². The zero-order valence-electron chi connectivity index (χ0n) is 11.0. The molecule has 6 heteroatoms. The van der Waals surface area contributed by atoms with Crippen molar-refractivity contribution in [1.82, 2.24) is 0 Å². The average molecular weight is 275 g/mol. The quantitative estimate of drug-likeness (QED) is 0.902. The molecule has 0 fully saturated rings. The lowest BCUT2D eigenvalue weighted by Crippen LogP contribution is -2.27. The molecule has 1 aromatic carbocycles. The molecule has 0 bridgehead atoms. The van der Waals surface area contributed by atoms with E-state index in [2.05, 4.69) is 5.32 Å². The van der Waals surface area contributed by atoms with Crippen LogP contribution in [0.4, 0.5) is 23.7 Å². The number of alkyl halides is 3. The lowest BCUT2D eigenvalue weighted by atomic mass is 10.1. The summed E-state index contributed by atoms with van der Waals surface area (Å²) < 4.78 is 43.5. The number of amides is 1. The molecule has 1 amide bonds. The topological polar surface area (TPSA) is 38.3 Å². The average Bonchev–Trinajstić information content (AvgIpc) is 2.26. The Bertz CT molecular complexity index is 455. The normalized spacial score (nSPS) is 12.1. The maximum Gasteiger partial charge on any atom is 0.412 e. The lowest BCUT2D eigenvalue weighted by Gasteiger charge is -2.20. The zero-order chi connectivity index (χ0) is 14.7. The van der Waals surface area contributed by atoms with E-state index in [4.69, 9.17) is 4.74 Å². The molecule has 1 rings (SSSR count). The third-order valence-corrected chi connectivity index (χ3v) is 2.10. The molecule has 3 nitrogen and oxygen atoms in total. The Hall–Kier alpha value is -1.72. The second-order valence-corrected chi connectivity index (χ2v) is 5.05. The van der Waals surface area contributed by atoms with Crippen molar-refractivity contribution < 1.29 is 22.7 Å². The van der Waals surface area contributed by atoms with Crippen molar-refractivity contribution in [2.75, 3.05) is 12.0 Å². The van der Waals surface area contributed by atoms with Crippen LogP contribution >= 0.6 is 0 Å². The van der Waals surface area contributed by atoms with Crippen LogP contribution in [0.5, 0.6) is 0 Å². The minimum Gasteiger partial charge on any atom is -0.444 e. The highest BCUT2D eigenvalue weighted by molar-refractivity contribution is 5.84. The first-order valence-electron chi connectivity index (χ1n) is 5.68. The van der Waals surface area contributed by atoms with Crippen molar-refractivity contribution in [1.29, 1.82) is 0 Å². The first-order chi connectivity index (χ1) is 8.64. The van der Waals surface area contributed by atoms with Crippen LogP contribution in [0.3, 0.4) is 0 Å². The van der Waals surface area contributed by atoms with Gasteiger partial charge in [0.25, 0.3) is 0 Å². The molecule has 0 saturated heterocycles. The standard InChI is InChI=1S/C13H16F3NO2/c1-12(2,3)19-11(18)17-10-6-4-5-9(7-10)13(15,16)8-14/h4-7H,8H2,1-3H3,(H,17,18). The minimum atomic E-state index is -3.56. The van der Waals surface area contributed by atoms with Gasteiger partial charge in [-0.15, -0.1) is 0 Å². The molecular formula is C13H16F3NO2. The molecule has 0 atom stereocenters. The van der Waals surface area contributed by atoms with E-state index < -0.39 is 29.9 Å². The smallest absolute Gasteiger partial charge is 0.412 e. The first kappa shape index (κ1) is 15.3. The summed E-state index contributed by atoms with van der Waals surface area (Å²) in [6.45, 7) is 3.25. The summed E-state index contributed by atoms with van der Waals surface area (Å²) in [4.78, 5) is 11.5. The van der Waals surface area contributed by atoms with Crippen LogP contribution in [-0.4, -0.2) is 18.4 Å². The van der Waals surface area contributed by atoms with Gasteiger partial charge in [-0.3, -0.25) is 5.32 Å². The van der Waals surface area contributed by atoms with Gasteiger partial charge in [0.2, 0.25) is 0 Å². The number of hydrogen-bond donors (Lipinski definition) is 1. The van der Waals surface area contributed by atoms with E-state index in [9.17, 15) is 18.0 Å². The molecule has 0 aliphatic heterocycles. The van der Waals surface area contributed by atoms with Crippen molar-refractivity contribution >= 4 is 11.8 Å². The molecule has 106 valence electrons. The Labute approximate surface area is 109 Å². The van der Waals surface area contributed by atoms with E-state index in [1.165, 1.54) is 12.1 Å². The number of benzene rings is 1. The van der Waals surface area contributed by atoms with Crippen molar-refractivity contribution in [3.63, 3.8) is 0 Å². The van der Waals surface area contributed by atoms with E-state index in [1.807, 2.05) is 0 Å². The maximum atomic E-state index is 13.2. The van der Waals surface area contributed by atoms with Crippen LogP contribution in [-0.2, 0) is 10.7 Å². The summed E-state index contributed by atoms with van der Waals surface area (Å²) in [5.74, 6) is -3.56. The van der Waals surface area contributed by atoms with Crippen LogP contribution < -0.4 is 5.32 Å². The molecule has 1 N–H and O–H groups in total. The molecule has 0 spiro atoms. The van der Waals surface area contributed by atoms with Gasteiger partial charge in [0.15, 0.2) is 6.67 Å². The number of carbonyl (C=O) groups excluding carboxylic acids is 1. The molecule has 0 aliphatic rings. The highest BCUT2D eigenvalue weighted by Gasteiger charge is 2.31. The van der Waals surface area contributed by atoms with Crippen LogP contribution in [0.1, 0.15) is 26.3 Å². The van der Waals surface area contributed by atoms with Gasteiger partial charge in [0, 0.05) is 11.3 Å². The van der Waals surface area contributed by atoms with Crippen molar-refractivity contribution in [2.45, 2.75) is 32.3 Å². The summed E-state index contributed by atoms with van der Waals surface area (Å²) in [6, 6.07) is 4.84. The number of halogens is 3. The summed E-state index contributed by atoms with van der Waals surface area (Å²) in [5, 5.41) is 2.32. The number of carbonyl (C=O) groups is 1. The summed E-state index contributed by atoms with van der Waals surface area (Å²) in [6.07, 6.45) is -0.756. The summed E-state index contributed by atoms with van der Waals surface area (Å²) >= 11 is 0. The Morgan fingerprint density at radius 1 is 1.32 bits per heavy atom. The fourth-order valence-corrected chi connectivity index (χ4v) is 1.32. The highest BCUT2D eigenvalue weighted by atomic mass is 19.3. The third kappa shape index (κ3) is 4.81. The zero-order valence-corrected chi connectivity index (χ0v) is 11.0. The highest BCUT2D eigenvalue weighted by Crippen LogP contribution is 2.30. The minimum absolute atomic E-state index is 0.125. The van der Waals surface area contributed by atoms with Gasteiger partial charge in [-0.1, -0.05) is 12.1 Å². The van der Waals surface area contributed by atoms with E-state index in [-0.39, 0.29) is 5.69 Å². The van der Waals surface area contributed by atoms with Crippen molar-refractivity contribution in [2.24, 2.45) is 0 Å². The molecule has 1 aromatic rings. The van der Waals surface area contributed by atoms with E-state index in [0.29, 0.717) is 0 Å². The van der Waals surface area contributed by atoms with Gasteiger partial charge in [-0.2, -0.15) is 8.78 Å². The third-order valence-electron chi connectivity index (χ3n) is 2.10. The fourth-order valence-electron chi connectivity index (χ4n) is 1.32. The second kappa shape index (κ2) is 5.50. The monoisotopic (exact) mass is 275 g/mol. The number of nitrogens with one attached hydrogen (secondary N) is 1. The second-order valence-electron chi connectivity index (χ2n) is 5.05. The van der Waals surface area contributed by atoms with E-state index in [1.54, 1.807) is 20.8 Å².